The van der Waals surface area contributed by atoms with Gasteiger partial charge in [0.2, 0.25) is 0 Å². The van der Waals surface area contributed by atoms with Gasteiger partial charge in [-0.3, -0.25) is 19.5 Å². The van der Waals surface area contributed by atoms with Gasteiger partial charge in [0.1, 0.15) is 0 Å². The van der Waals surface area contributed by atoms with E-state index in [1.165, 1.54) is 0 Å². The number of H-pyrrole nitrogens is 2. The number of aromatic nitrogens is 6. The number of hydrogen-bond acceptors (Lipinski definition) is 7. The van der Waals surface area contributed by atoms with Crippen molar-refractivity contribution in [1.82, 2.24) is 34.6 Å². The maximum atomic E-state index is 12.7. The van der Waals surface area contributed by atoms with Crippen LogP contribution in [0, 0.1) is 18.3 Å². The van der Waals surface area contributed by atoms with Crippen LogP contribution in [-0.4, -0.2) is 53.2 Å². The van der Waals surface area contributed by atoms with Crippen molar-refractivity contribution in [2.75, 3.05) is 11.9 Å². The predicted octanol–water partition coefficient (Wildman–Crippen LogP) is 1.98. The zero-order valence-corrected chi connectivity index (χ0v) is 16.2. The summed E-state index contributed by atoms with van der Waals surface area (Å²) in [5.74, 6) is 1.20. The molecule has 10 nitrogen and oxygen atoms in total. The highest BCUT2D eigenvalue weighted by Crippen LogP contribution is 2.41. The van der Waals surface area contributed by atoms with E-state index in [0.29, 0.717) is 41.4 Å². The molecule has 2 unspecified atom stereocenters. The third kappa shape index (κ3) is 3.17. The van der Waals surface area contributed by atoms with Crippen molar-refractivity contribution in [2.45, 2.75) is 57.2 Å². The first-order valence-electron chi connectivity index (χ1n) is 10.0. The summed E-state index contributed by atoms with van der Waals surface area (Å²) in [5.41, 5.74) is 1.85. The number of aromatic amines is 2. The summed E-state index contributed by atoms with van der Waals surface area (Å²) < 4.78 is 1.77. The minimum Gasteiger partial charge on any atom is -0.322 e. The van der Waals surface area contributed by atoms with Gasteiger partial charge in [-0.05, 0) is 32.6 Å². The van der Waals surface area contributed by atoms with E-state index in [1.807, 2.05) is 13.0 Å². The zero-order valence-electron chi connectivity index (χ0n) is 16.2. The van der Waals surface area contributed by atoms with Crippen LogP contribution < -0.4 is 11.0 Å². The summed E-state index contributed by atoms with van der Waals surface area (Å²) in [6.45, 7) is 2.74. The second-order valence-electron chi connectivity index (χ2n) is 7.94. The quantitative estimate of drug-likeness (QED) is 0.604. The van der Waals surface area contributed by atoms with Gasteiger partial charge in [-0.15, -0.1) is 0 Å². The molecular formula is C19H23N9O. The highest BCUT2D eigenvalue weighted by Gasteiger charge is 2.41. The minimum atomic E-state index is -0.164. The average Bonchev–Trinajstić information content (AvgIpc) is 3.32. The number of aryl methyl sites for hydroxylation is 1. The van der Waals surface area contributed by atoms with Crippen LogP contribution >= 0.6 is 0 Å². The predicted molar refractivity (Wildman–Crippen MR) is 107 cm³/mol. The van der Waals surface area contributed by atoms with Gasteiger partial charge in [-0.1, -0.05) is 0 Å². The number of anilines is 2. The fraction of sp³-hybridized carbons (Fsp3) is 0.526. The molecule has 0 aliphatic carbocycles. The van der Waals surface area contributed by atoms with Crippen molar-refractivity contribution in [3.63, 3.8) is 0 Å². The van der Waals surface area contributed by atoms with Gasteiger partial charge < -0.3 is 5.32 Å². The van der Waals surface area contributed by atoms with Crippen LogP contribution in [-0.2, 0) is 0 Å². The Hall–Kier alpha value is -3.19. The second kappa shape index (κ2) is 7.00. The average molecular weight is 393 g/mol. The SMILES string of the molecule is Cc1cc(Nc2cnc3[nH]c(=O)n(C4CC5CCC(C4)N5CCC#N)c3n2)n[nH]1. The first-order chi connectivity index (χ1) is 14.1. The van der Waals surface area contributed by atoms with Crippen LogP contribution in [0.2, 0.25) is 0 Å². The molecule has 2 bridgehead atoms. The number of nitrogens with zero attached hydrogens (tertiary/aromatic N) is 6. The zero-order chi connectivity index (χ0) is 20.0. The molecule has 150 valence electrons. The summed E-state index contributed by atoms with van der Waals surface area (Å²) in [4.78, 5) is 27.1. The molecule has 2 aliphatic heterocycles. The molecule has 2 fully saturated rings. The highest BCUT2D eigenvalue weighted by molar-refractivity contribution is 5.69. The van der Waals surface area contributed by atoms with Crippen LogP contribution in [0.15, 0.2) is 17.1 Å². The Morgan fingerprint density at radius 2 is 2.07 bits per heavy atom. The topological polar surface area (TPSA) is 131 Å². The summed E-state index contributed by atoms with van der Waals surface area (Å²) in [7, 11) is 0. The Kier molecular flexibility index (Phi) is 4.32. The largest absolute Gasteiger partial charge is 0.329 e. The highest BCUT2D eigenvalue weighted by atomic mass is 16.1. The van der Waals surface area contributed by atoms with E-state index < -0.39 is 0 Å². The molecule has 5 rings (SSSR count). The molecule has 0 spiro atoms. The summed E-state index contributed by atoms with van der Waals surface area (Å²) in [5, 5.41) is 19.1. The Bertz CT molecular complexity index is 1120. The molecule has 5 heterocycles. The van der Waals surface area contributed by atoms with Crippen molar-refractivity contribution in [1.29, 1.82) is 5.26 Å². The molecule has 29 heavy (non-hydrogen) atoms. The van der Waals surface area contributed by atoms with Gasteiger partial charge in [0.05, 0.1) is 12.3 Å². The van der Waals surface area contributed by atoms with Gasteiger partial charge in [-0.25, -0.2) is 14.8 Å². The van der Waals surface area contributed by atoms with Gasteiger partial charge >= 0.3 is 5.69 Å². The standard InChI is InChI=1S/C19H23N9O/c1-11-7-15(26-25-11)22-16-10-21-17-18(23-16)28(19(29)24-17)14-8-12-3-4-13(9-14)27(12)6-2-5-20/h7,10,12-14H,2-4,6,8-9H2,1H3,(H,21,24,29)(H2,22,23,25,26). The molecule has 0 radical (unpaired) electrons. The summed E-state index contributed by atoms with van der Waals surface area (Å²) in [6, 6.07) is 5.06. The number of nitriles is 1. The third-order valence-electron chi connectivity index (χ3n) is 6.09. The van der Waals surface area contributed by atoms with E-state index in [-0.39, 0.29) is 11.7 Å². The van der Waals surface area contributed by atoms with Crippen LogP contribution in [0.25, 0.3) is 11.3 Å². The van der Waals surface area contributed by atoms with E-state index in [0.717, 1.165) is 37.9 Å². The van der Waals surface area contributed by atoms with Crippen LogP contribution in [0.5, 0.6) is 0 Å². The second-order valence-corrected chi connectivity index (χ2v) is 7.94. The van der Waals surface area contributed by atoms with Gasteiger partial charge in [-0.2, -0.15) is 10.4 Å². The lowest BCUT2D eigenvalue weighted by Crippen LogP contribution is -2.45. The van der Waals surface area contributed by atoms with E-state index in [4.69, 9.17) is 5.26 Å². The molecule has 3 N–H and O–H groups in total. The van der Waals surface area contributed by atoms with E-state index in [1.54, 1.807) is 10.8 Å². The van der Waals surface area contributed by atoms with Crippen molar-refractivity contribution < 1.29 is 0 Å². The molecule has 3 aromatic rings. The monoisotopic (exact) mass is 393 g/mol. The molecule has 2 atom stereocenters. The Morgan fingerprint density at radius 1 is 1.28 bits per heavy atom. The van der Waals surface area contributed by atoms with E-state index in [9.17, 15) is 4.79 Å². The minimum absolute atomic E-state index is 0.0873. The Morgan fingerprint density at radius 3 is 2.76 bits per heavy atom. The molecule has 10 heteroatoms. The van der Waals surface area contributed by atoms with Crippen molar-refractivity contribution in [3.8, 4) is 6.07 Å². The maximum absolute atomic E-state index is 12.7. The van der Waals surface area contributed by atoms with Gasteiger partial charge in [0, 0.05) is 42.9 Å². The van der Waals surface area contributed by atoms with Crippen molar-refractivity contribution >= 4 is 22.9 Å². The number of imidazole rings is 1. The smallest absolute Gasteiger partial charge is 0.322 e. The summed E-state index contributed by atoms with van der Waals surface area (Å²) in [6.07, 6.45) is 6.19. The first-order valence-corrected chi connectivity index (χ1v) is 10.0. The lowest BCUT2D eigenvalue weighted by atomic mass is 9.97. The van der Waals surface area contributed by atoms with E-state index in [2.05, 4.69) is 41.4 Å². The molecule has 3 aromatic heterocycles. The number of nitrogens with one attached hydrogen (secondary N) is 3. The van der Waals surface area contributed by atoms with Crippen LogP contribution in [0.1, 0.15) is 43.8 Å². The number of hydrogen-bond donors (Lipinski definition) is 3. The van der Waals surface area contributed by atoms with Crippen LogP contribution in [0.4, 0.5) is 11.6 Å². The fourth-order valence-corrected chi connectivity index (χ4v) is 4.91. The molecule has 0 amide bonds. The van der Waals surface area contributed by atoms with Gasteiger partial charge in [0.15, 0.2) is 22.9 Å². The Balaban J connectivity index is 1.44. The van der Waals surface area contributed by atoms with Crippen molar-refractivity contribution in [3.05, 3.63) is 28.4 Å². The fourth-order valence-electron chi connectivity index (χ4n) is 4.91. The van der Waals surface area contributed by atoms with Crippen molar-refractivity contribution in [2.24, 2.45) is 0 Å². The van der Waals surface area contributed by atoms with E-state index >= 15 is 0 Å². The lowest BCUT2D eigenvalue weighted by Gasteiger charge is -2.38. The molecule has 2 aliphatic rings. The third-order valence-corrected chi connectivity index (χ3v) is 6.09. The normalized spacial score (nSPS) is 24.1. The molecular weight excluding hydrogens is 370 g/mol. The molecule has 0 saturated carbocycles. The van der Waals surface area contributed by atoms with Gasteiger partial charge in [0.25, 0.3) is 0 Å². The molecule has 2 saturated heterocycles. The Labute approximate surface area is 167 Å². The number of rotatable bonds is 5. The molecule has 0 aromatic carbocycles. The number of piperidine rings is 1. The van der Waals surface area contributed by atoms with Crippen LogP contribution in [0.3, 0.4) is 0 Å². The maximum Gasteiger partial charge on any atom is 0.329 e. The number of fused-ring (bicyclic) bond motifs is 3. The first kappa shape index (κ1) is 17.9. The summed E-state index contributed by atoms with van der Waals surface area (Å²) >= 11 is 0. The lowest BCUT2D eigenvalue weighted by molar-refractivity contribution is 0.109.